The SMILES string of the molecule is CCNCCc1c(C)nn(-c2cccc(F)c2)c1C. The van der Waals surface area contributed by atoms with Crippen molar-refractivity contribution >= 4 is 0 Å². The van der Waals surface area contributed by atoms with Crippen LogP contribution in [0.5, 0.6) is 0 Å². The van der Waals surface area contributed by atoms with Gasteiger partial charge in [-0.3, -0.25) is 0 Å². The molecule has 0 fully saturated rings. The van der Waals surface area contributed by atoms with Crippen molar-refractivity contribution in [3.63, 3.8) is 0 Å². The number of aryl methyl sites for hydroxylation is 1. The molecule has 2 aromatic rings. The second kappa shape index (κ2) is 5.97. The van der Waals surface area contributed by atoms with Gasteiger partial charge in [-0.1, -0.05) is 13.0 Å². The van der Waals surface area contributed by atoms with Gasteiger partial charge in [0, 0.05) is 5.69 Å². The van der Waals surface area contributed by atoms with Gasteiger partial charge in [-0.25, -0.2) is 9.07 Å². The lowest BCUT2D eigenvalue weighted by Gasteiger charge is -2.06. The zero-order valence-electron chi connectivity index (χ0n) is 11.7. The number of nitrogens with zero attached hydrogens (tertiary/aromatic N) is 2. The normalized spacial score (nSPS) is 10.9. The number of rotatable bonds is 5. The lowest BCUT2D eigenvalue weighted by Crippen LogP contribution is -2.16. The molecule has 102 valence electrons. The Hall–Kier alpha value is -1.68. The van der Waals surface area contributed by atoms with Crippen molar-refractivity contribution in [2.24, 2.45) is 0 Å². The monoisotopic (exact) mass is 261 g/mol. The molecule has 1 aromatic carbocycles. The molecule has 19 heavy (non-hydrogen) atoms. The summed E-state index contributed by atoms with van der Waals surface area (Å²) in [6.07, 6.45) is 0.945. The van der Waals surface area contributed by atoms with Gasteiger partial charge in [-0.05, 0) is 57.1 Å². The molecule has 0 atom stereocenters. The van der Waals surface area contributed by atoms with Gasteiger partial charge in [-0.2, -0.15) is 5.10 Å². The molecule has 0 spiro atoms. The average Bonchev–Trinajstić information content (AvgIpc) is 2.67. The fourth-order valence-corrected chi connectivity index (χ4v) is 2.29. The van der Waals surface area contributed by atoms with Gasteiger partial charge in [0.15, 0.2) is 0 Å². The Morgan fingerprint density at radius 1 is 1.32 bits per heavy atom. The van der Waals surface area contributed by atoms with Crippen molar-refractivity contribution in [1.29, 1.82) is 0 Å². The molecule has 1 N–H and O–H groups in total. The van der Waals surface area contributed by atoms with Crippen molar-refractivity contribution in [2.75, 3.05) is 13.1 Å². The van der Waals surface area contributed by atoms with Crippen molar-refractivity contribution in [2.45, 2.75) is 27.2 Å². The second-order valence-corrected chi connectivity index (χ2v) is 4.64. The first-order chi connectivity index (χ1) is 9.13. The van der Waals surface area contributed by atoms with E-state index < -0.39 is 0 Å². The van der Waals surface area contributed by atoms with Gasteiger partial charge < -0.3 is 5.32 Å². The highest BCUT2D eigenvalue weighted by molar-refractivity contribution is 5.37. The van der Waals surface area contributed by atoms with E-state index in [-0.39, 0.29) is 5.82 Å². The minimum absolute atomic E-state index is 0.237. The van der Waals surface area contributed by atoms with E-state index >= 15 is 0 Å². The summed E-state index contributed by atoms with van der Waals surface area (Å²) >= 11 is 0. The van der Waals surface area contributed by atoms with Crippen LogP contribution >= 0.6 is 0 Å². The highest BCUT2D eigenvalue weighted by Crippen LogP contribution is 2.18. The first kappa shape index (κ1) is 13.7. The van der Waals surface area contributed by atoms with Crippen LogP contribution in [-0.4, -0.2) is 22.9 Å². The van der Waals surface area contributed by atoms with Crippen molar-refractivity contribution in [3.8, 4) is 5.69 Å². The van der Waals surface area contributed by atoms with Crippen LogP contribution < -0.4 is 5.32 Å². The number of hydrogen-bond acceptors (Lipinski definition) is 2. The molecule has 4 heteroatoms. The summed E-state index contributed by atoms with van der Waals surface area (Å²) in [5.41, 5.74) is 4.11. The molecule has 0 aliphatic heterocycles. The number of halogens is 1. The zero-order valence-corrected chi connectivity index (χ0v) is 11.7. The maximum Gasteiger partial charge on any atom is 0.125 e. The fourth-order valence-electron chi connectivity index (χ4n) is 2.29. The van der Waals surface area contributed by atoms with Crippen molar-refractivity contribution < 1.29 is 4.39 Å². The van der Waals surface area contributed by atoms with Gasteiger partial charge in [0.25, 0.3) is 0 Å². The van der Waals surface area contributed by atoms with Crippen LogP contribution in [-0.2, 0) is 6.42 Å². The second-order valence-electron chi connectivity index (χ2n) is 4.64. The Balaban J connectivity index is 2.30. The summed E-state index contributed by atoms with van der Waals surface area (Å²) in [6.45, 7) is 8.04. The van der Waals surface area contributed by atoms with Gasteiger partial charge in [0.1, 0.15) is 5.82 Å². The molecule has 0 aliphatic rings. The maximum atomic E-state index is 13.3. The largest absolute Gasteiger partial charge is 0.317 e. The molecule has 3 nitrogen and oxygen atoms in total. The topological polar surface area (TPSA) is 29.9 Å². The minimum atomic E-state index is -0.237. The quantitative estimate of drug-likeness (QED) is 0.839. The first-order valence-electron chi connectivity index (χ1n) is 6.65. The lowest BCUT2D eigenvalue weighted by molar-refractivity contribution is 0.625. The summed E-state index contributed by atoms with van der Waals surface area (Å²) in [7, 11) is 0. The number of benzene rings is 1. The lowest BCUT2D eigenvalue weighted by atomic mass is 10.1. The van der Waals surface area contributed by atoms with Gasteiger partial charge in [-0.15, -0.1) is 0 Å². The third-order valence-corrected chi connectivity index (χ3v) is 3.30. The molecule has 2 rings (SSSR count). The Labute approximate surface area is 113 Å². The van der Waals surface area contributed by atoms with Crippen LogP contribution in [0.25, 0.3) is 5.69 Å². The van der Waals surface area contributed by atoms with Crippen LogP contribution in [0.2, 0.25) is 0 Å². The first-order valence-corrected chi connectivity index (χ1v) is 6.65. The smallest absolute Gasteiger partial charge is 0.125 e. The highest BCUT2D eigenvalue weighted by Gasteiger charge is 2.12. The minimum Gasteiger partial charge on any atom is -0.317 e. The van der Waals surface area contributed by atoms with Crippen LogP contribution in [0.15, 0.2) is 24.3 Å². The number of hydrogen-bond donors (Lipinski definition) is 1. The van der Waals surface area contributed by atoms with Crippen LogP contribution in [0.1, 0.15) is 23.9 Å². The van der Waals surface area contributed by atoms with Crippen LogP contribution in [0, 0.1) is 19.7 Å². The van der Waals surface area contributed by atoms with E-state index in [0.29, 0.717) is 0 Å². The molecule has 1 heterocycles. The zero-order chi connectivity index (χ0) is 13.8. The van der Waals surface area contributed by atoms with E-state index in [2.05, 4.69) is 17.3 Å². The molecule has 0 amide bonds. The highest BCUT2D eigenvalue weighted by atomic mass is 19.1. The van der Waals surface area contributed by atoms with E-state index in [0.717, 1.165) is 36.6 Å². The summed E-state index contributed by atoms with van der Waals surface area (Å²) in [6, 6.07) is 6.53. The Kier molecular flexibility index (Phi) is 4.32. The Morgan fingerprint density at radius 3 is 2.79 bits per heavy atom. The molecule has 0 saturated carbocycles. The van der Waals surface area contributed by atoms with E-state index in [1.807, 2.05) is 24.6 Å². The summed E-state index contributed by atoms with van der Waals surface area (Å²) < 4.78 is 15.1. The molecular weight excluding hydrogens is 241 g/mol. The fraction of sp³-hybridized carbons (Fsp3) is 0.400. The van der Waals surface area contributed by atoms with Gasteiger partial charge in [0.2, 0.25) is 0 Å². The molecular formula is C15H20FN3. The van der Waals surface area contributed by atoms with Crippen LogP contribution in [0.4, 0.5) is 4.39 Å². The molecule has 0 saturated heterocycles. The number of nitrogens with one attached hydrogen (secondary N) is 1. The average molecular weight is 261 g/mol. The van der Waals surface area contributed by atoms with E-state index in [4.69, 9.17) is 0 Å². The summed E-state index contributed by atoms with van der Waals surface area (Å²) in [5, 5.41) is 7.83. The summed E-state index contributed by atoms with van der Waals surface area (Å²) in [5.74, 6) is -0.237. The van der Waals surface area contributed by atoms with Crippen LogP contribution in [0.3, 0.4) is 0 Å². The molecule has 0 radical (unpaired) electrons. The molecule has 0 aliphatic carbocycles. The molecule has 1 aromatic heterocycles. The number of likely N-dealkylation sites (N-methyl/N-ethyl adjacent to an activating group) is 1. The molecule has 0 unspecified atom stereocenters. The Bertz CT molecular complexity index is 561. The van der Waals surface area contributed by atoms with Crippen molar-refractivity contribution in [1.82, 2.24) is 15.1 Å². The maximum absolute atomic E-state index is 13.3. The van der Waals surface area contributed by atoms with E-state index in [1.54, 1.807) is 6.07 Å². The van der Waals surface area contributed by atoms with E-state index in [9.17, 15) is 4.39 Å². The molecule has 0 bridgehead atoms. The number of aromatic nitrogens is 2. The third-order valence-electron chi connectivity index (χ3n) is 3.30. The standard InChI is InChI=1S/C15H20FN3/c1-4-17-9-8-15-11(2)18-19(12(15)3)14-7-5-6-13(16)10-14/h5-7,10,17H,4,8-9H2,1-3H3. The summed E-state index contributed by atoms with van der Waals surface area (Å²) in [4.78, 5) is 0. The van der Waals surface area contributed by atoms with Gasteiger partial charge >= 0.3 is 0 Å². The Morgan fingerprint density at radius 2 is 2.11 bits per heavy atom. The predicted molar refractivity (Wildman–Crippen MR) is 75.2 cm³/mol. The predicted octanol–water partition coefficient (Wildman–Crippen LogP) is 2.78. The third kappa shape index (κ3) is 3.01. The van der Waals surface area contributed by atoms with E-state index in [1.165, 1.54) is 17.7 Å². The van der Waals surface area contributed by atoms with Gasteiger partial charge in [0.05, 0.1) is 11.4 Å². The van der Waals surface area contributed by atoms with Crippen molar-refractivity contribution in [3.05, 3.63) is 47.0 Å².